The van der Waals surface area contributed by atoms with E-state index in [4.69, 9.17) is 0 Å². The van der Waals surface area contributed by atoms with Crippen LogP contribution in [0.5, 0.6) is 5.75 Å². The monoisotopic (exact) mass is 412 g/mol. The van der Waals surface area contributed by atoms with E-state index in [0.29, 0.717) is 23.5 Å². The van der Waals surface area contributed by atoms with Crippen molar-refractivity contribution in [3.8, 4) is 16.9 Å². The van der Waals surface area contributed by atoms with E-state index in [-0.39, 0.29) is 5.92 Å². The van der Waals surface area contributed by atoms with Gasteiger partial charge >= 0.3 is 0 Å². The summed E-state index contributed by atoms with van der Waals surface area (Å²) in [5, 5.41) is 11.5. The van der Waals surface area contributed by atoms with Crippen molar-refractivity contribution in [1.29, 1.82) is 0 Å². The van der Waals surface area contributed by atoms with Gasteiger partial charge in [0, 0.05) is 0 Å². The molecule has 0 spiro atoms. The maximum Gasteiger partial charge on any atom is 0.122 e. The Hall–Kier alpha value is -2.54. The van der Waals surface area contributed by atoms with E-state index >= 15 is 0 Å². The summed E-state index contributed by atoms with van der Waals surface area (Å²) in [6.07, 6.45) is 4.35. The van der Waals surface area contributed by atoms with Gasteiger partial charge in [0.1, 0.15) is 5.75 Å². The van der Waals surface area contributed by atoms with Gasteiger partial charge in [0.15, 0.2) is 0 Å². The SMILES string of the molecule is CCC(CCC(C)C)c1cccc(C2Cc3ccccc3-c3ccccc3C2C)c1O. The van der Waals surface area contributed by atoms with Crippen molar-refractivity contribution in [3.63, 3.8) is 0 Å². The smallest absolute Gasteiger partial charge is 0.122 e. The minimum atomic E-state index is 0.257. The predicted molar refractivity (Wildman–Crippen MR) is 132 cm³/mol. The summed E-state index contributed by atoms with van der Waals surface area (Å²) in [4.78, 5) is 0. The lowest BCUT2D eigenvalue weighted by molar-refractivity contribution is 0.426. The fraction of sp³-hybridized carbons (Fsp3) is 0.400. The van der Waals surface area contributed by atoms with Gasteiger partial charge in [0.2, 0.25) is 0 Å². The molecule has 162 valence electrons. The quantitative estimate of drug-likeness (QED) is 0.430. The summed E-state index contributed by atoms with van der Waals surface area (Å²) in [5.74, 6) is 2.23. The van der Waals surface area contributed by atoms with Crippen molar-refractivity contribution < 1.29 is 5.11 Å². The predicted octanol–water partition coefficient (Wildman–Crippen LogP) is 8.43. The summed E-state index contributed by atoms with van der Waals surface area (Å²) in [6.45, 7) is 9.14. The summed E-state index contributed by atoms with van der Waals surface area (Å²) in [5.41, 5.74) is 7.69. The Balaban J connectivity index is 1.78. The van der Waals surface area contributed by atoms with Crippen LogP contribution in [0.1, 0.15) is 87.0 Å². The molecule has 3 aromatic rings. The first-order chi connectivity index (χ1) is 15.0. The standard InChI is InChI=1S/C30H36O/c1-5-22(18-17-20(2)3)26-15-10-16-28(30(26)31)29-19-23-11-6-7-13-25(23)27-14-9-8-12-24(27)21(29)4/h6-16,20-22,29,31H,5,17-19H2,1-4H3. The van der Waals surface area contributed by atoms with Crippen LogP contribution in [0.3, 0.4) is 0 Å². The molecule has 1 N–H and O–H groups in total. The van der Waals surface area contributed by atoms with Crippen LogP contribution in [0.2, 0.25) is 0 Å². The van der Waals surface area contributed by atoms with Gasteiger partial charge < -0.3 is 5.11 Å². The molecule has 0 saturated carbocycles. The van der Waals surface area contributed by atoms with Crippen LogP contribution < -0.4 is 0 Å². The van der Waals surface area contributed by atoms with E-state index in [9.17, 15) is 5.11 Å². The zero-order chi connectivity index (χ0) is 22.0. The molecule has 3 atom stereocenters. The Morgan fingerprint density at radius 2 is 1.52 bits per heavy atom. The third-order valence-corrected chi connectivity index (χ3v) is 7.33. The van der Waals surface area contributed by atoms with Crippen LogP contribution in [0.4, 0.5) is 0 Å². The van der Waals surface area contributed by atoms with Crippen LogP contribution in [0, 0.1) is 5.92 Å². The van der Waals surface area contributed by atoms with Crippen molar-refractivity contribution >= 4 is 0 Å². The maximum atomic E-state index is 11.5. The normalized spacial score (nSPS) is 18.9. The number of phenols is 1. The van der Waals surface area contributed by atoms with Gasteiger partial charge in [-0.3, -0.25) is 0 Å². The zero-order valence-corrected chi connectivity index (χ0v) is 19.4. The number of rotatable bonds is 6. The lowest BCUT2D eigenvalue weighted by Crippen LogP contribution is -2.12. The summed E-state index contributed by atoms with van der Waals surface area (Å²) in [6, 6.07) is 24.1. The number of para-hydroxylation sites is 1. The van der Waals surface area contributed by atoms with Crippen molar-refractivity contribution in [2.75, 3.05) is 0 Å². The second kappa shape index (κ2) is 9.30. The Labute approximate surface area is 188 Å². The molecule has 1 aliphatic carbocycles. The largest absolute Gasteiger partial charge is 0.507 e. The molecule has 0 aliphatic heterocycles. The van der Waals surface area contributed by atoms with Crippen LogP contribution in [-0.2, 0) is 6.42 Å². The maximum absolute atomic E-state index is 11.5. The second-order valence-electron chi connectivity index (χ2n) is 9.71. The molecule has 4 rings (SSSR count). The first-order valence-corrected chi connectivity index (χ1v) is 12.0. The third kappa shape index (κ3) is 4.28. The summed E-state index contributed by atoms with van der Waals surface area (Å²) < 4.78 is 0. The highest BCUT2D eigenvalue weighted by molar-refractivity contribution is 5.73. The fourth-order valence-corrected chi connectivity index (χ4v) is 5.43. The number of phenolic OH excluding ortho intramolecular Hbond substituents is 1. The molecule has 3 unspecified atom stereocenters. The Kier molecular flexibility index (Phi) is 6.51. The molecule has 1 aliphatic rings. The van der Waals surface area contributed by atoms with E-state index in [1.54, 1.807) is 0 Å². The second-order valence-corrected chi connectivity index (χ2v) is 9.71. The van der Waals surface area contributed by atoms with Crippen LogP contribution in [-0.4, -0.2) is 5.11 Å². The molecule has 1 heteroatoms. The van der Waals surface area contributed by atoms with Crippen molar-refractivity contribution in [2.24, 2.45) is 5.92 Å². The lowest BCUT2D eigenvalue weighted by atomic mass is 9.78. The number of benzene rings is 3. The third-order valence-electron chi connectivity index (χ3n) is 7.33. The molecule has 0 amide bonds. The topological polar surface area (TPSA) is 20.2 Å². The molecule has 0 fully saturated rings. The number of hydrogen-bond acceptors (Lipinski definition) is 1. The number of aromatic hydroxyl groups is 1. The first-order valence-electron chi connectivity index (χ1n) is 12.0. The van der Waals surface area contributed by atoms with E-state index in [0.717, 1.165) is 30.4 Å². The van der Waals surface area contributed by atoms with E-state index in [1.165, 1.54) is 28.7 Å². The van der Waals surface area contributed by atoms with Gasteiger partial charge in [-0.15, -0.1) is 0 Å². The molecular weight excluding hydrogens is 376 g/mol. The molecule has 0 heterocycles. The number of fused-ring (bicyclic) bond motifs is 3. The highest BCUT2D eigenvalue weighted by Gasteiger charge is 2.31. The van der Waals surface area contributed by atoms with Gasteiger partial charge in [-0.2, -0.15) is 0 Å². The average molecular weight is 413 g/mol. The fourth-order valence-electron chi connectivity index (χ4n) is 5.43. The van der Waals surface area contributed by atoms with Crippen molar-refractivity contribution in [2.45, 2.75) is 71.1 Å². The molecule has 3 aromatic carbocycles. The molecule has 0 aromatic heterocycles. The van der Waals surface area contributed by atoms with Crippen LogP contribution in [0.15, 0.2) is 66.7 Å². The average Bonchev–Trinajstić information content (AvgIpc) is 2.90. The highest BCUT2D eigenvalue weighted by atomic mass is 16.3. The minimum Gasteiger partial charge on any atom is -0.507 e. The van der Waals surface area contributed by atoms with Gasteiger partial charge in [-0.25, -0.2) is 0 Å². The molecule has 0 radical (unpaired) electrons. The molecule has 0 bridgehead atoms. The lowest BCUT2D eigenvalue weighted by Gasteiger charge is -2.27. The molecule has 0 saturated heterocycles. The minimum absolute atomic E-state index is 0.257. The molecular formula is C30H36O. The van der Waals surface area contributed by atoms with E-state index in [1.807, 2.05) is 0 Å². The Morgan fingerprint density at radius 1 is 0.839 bits per heavy atom. The van der Waals surface area contributed by atoms with Gasteiger partial charge in [-0.05, 0) is 76.3 Å². The Bertz CT molecular complexity index is 1030. The van der Waals surface area contributed by atoms with Gasteiger partial charge in [0.05, 0.1) is 0 Å². The van der Waals surface area contributed by atoms with Gasteiger partial charge in [0.25, 0.3) is 0 Å². The molecule has 1 nitrogen and oxygen atoms in total. The van der Waals surface area contributed by atoms with Crippen LogP contribution >= 0.6 is 0 Å². The highest BCUT2D eigenvalue weighted by Crippen LogP contribution is 2.48. The van der Waals surface area contributed by atoms with Crippen LogP contribution in [0.25, 0.3) is 11.1 Å². The molecule has 31 heavy (non-hydrogen) atoms. The first kappa shape index (κ1) is 21.7. The number of hydrogen-bond donors (Lipinski definition) is 1. The summed E-state index contributed by atoms with van der Waals surface area (Å²) in [7, 11) is 0. The van der Waals surface area contributed by atoms with E-state index in [2.05, 4.69) is 94.4 Å². The summed E-state index contributed by atoms with van der Waals surface area (Å²) >= 11 is 0. The van der Waals surface area contributed by atoms with Crippen molar-refractivity contribution in [1.82, 2.24) is 0 Å². The zero-order valence-electron chi connectivity index (χ0n) is 19.4. The van der Waals surface area contributed by atoms with E-state index < -0.39 is 0 Å². The Morgan fingerprint density at radius 3 is 2.26 bits per heavy atom. The van der Waals surface area contributed by atoms with Crippen molar-refractivity contribution in [3.05, 3.63) is 89.0 Å². The van der Waals surface area contributed by atoms with Gasteiger partial charge in [-0.1, -0.05) is 101 Å².